The summed E-state index contributed by atoms with van der Waals surface area (Å²) in [5.74, 6) is -1.96. The Morgan fingerprint density at radius 1 is 1.13 bits per heavy atom. The average Bonchev–Trinajstić information content (AvgIpc) is 3.26. The number of carbonyl (C=O) groups is 2. The van der Waals surface area contributed by atoms with Crippen LogP contribution in [0, 0.1) is 17.6 Å². The molecule has 0 radical (unpaired) electrons. The molecule has 2 N–H and O–H groups in total. The molecule has 9 heteroatoms. The Morgan fingerprint density at radius 2 is 1.93 bits per heavy atom. The van der Waals surface area contributed by atoms with Crippen molar-refractivity contribution >= 4 is 11.8 Å². The van der Waals surface area contributed by atoms with Gasteiger partial charge in [0.1, 0.15) is 11.6 Å². The van der Waals surface area contributed by atoms with Crippen molar-refractivity contribution in [1.82, 2.24) is 15.5 Å². The van der Waals surface area contributed by atoms with E-state index < -0.39 is 17.5 Å². The number of ether oxygens (including phenoxy) is 2. The number of nitrogens with zero attached hydrogens (tertiary/aromatic N) is 1. The van der Waals surface area contributed by atoms with Crippen LogP contribution in [-0.4, -0.2) is 75.4 Å². The Labute approximate surface area is 175 Å². The van der Waals surface area contributed by atoms with Crippen molar-refractivity contribution in [2.45, 2.75) is 25.3 Å². The second kappa shape index (κ2) is 11.3. The minimum Gasteiger partial charge on any atom is -0.381 e. The lowest BCUT2D eigenvalue weighted by molar-refractivity contribution is -0.121. The number of hydrogen-bond acceptors (Lipinski definition) is 5. The summed E-state index contributed by atoms with van der Waals surface area (Å²) in [5, 5.41) is 5.56. The van der Waals surface area contributed by atoms with Crippen LogP contribution in [0.4, 0.5) is 8.78 Å². The zero-order valence-electron chi connectivity index (χ0n) is 17.0. The molecule has 2 atom stereocenters. The number of rotatable bonds is 9. The summed E-state index contributed by atoms with van der Waals surface area (Å²) in [4.78, 5) is 26.6. The van der Waals surface area contributed by atoms with Crippen LogP contribution in [0.3, 0.4) is 0 Å². The molecule has 2 aliphatic rings. The largest absolute Gasteiger partial charge is 0.381 e. The smallest absolute Gasteiger partial charge is 0.254 e. The Hall–Kier alpha value is -2.10. The normalized spacial score (nSPS) is 20.7. The number of halogens is 2. The minimum atomic E-state index is -0.907. The van der Waals surface area contributed by atoms with Gasteiger partial charge in [0.25, 0.3) is 5.91 Å². The second-order valence-electron chi connectivity index (χ2n) is 7.63. The molecule has 1 aromatic rings. The molecule has 2 heterocycles. The lowest BCUT2D eigenvalue weighted by Gasteiger charge is -2.37. The van der Waals surface area contributed by atoms with Crippen molar-refractivity contribution < 1.29 is 27.8 Å². The van der Waals surface area contributed by atoms with E-state index in [1.54, 1.807) is 0 Å². The number of hydrogen-bond donors (Lipinski definition) is 2. The molecule has 3 rings (SSSR count). The van der Waals surface area contributed by atoms with Crippen LogP contribution >= 0.6 is 0 Å². The fraction of sp³-hybridized carbons (Fsp3) is 0.619. The molecule has 2 fully saturated rings. The Kier molecular flexibility index (Phi) is 8.53. The van der Waals surface area contributed by atoms with Crippen molar-refractivity contribution in [2.75, 3.05) is 52.6 Å². The predicted octanol–water partition coefficient (Wildman–Crippen LogP) is 1.33. The minimum absolute atomic E-state index is 0.0885. The van der Waals surface area contributed by atoms with Gasteiger partial charge in [-0.25, -0.2) is 8.78 Å². The average molecular weight is 425 g/mol. The summed E-state index contributed by atoms with van der Waals surface area (Å²) in [6, 6.07) is 3.03. The first-order chi connectivity index (χ1) is 14.5. The van der Waals surface area contributed by atoms with Crippen LogP contribution in [-0.2, 0) is 14.3 Å². The molecule has 0 aromatic heterocycles. The first-order valence-electron chi connectivity index (χ1n) is 10.4. The van der Waals surface area contributed by atoms with Crippen LogP contribution < -0.4 is 10.6 Å². The third-order valence-corrected chi connectivity index (χ3v) is 5.57. The maximum atomic E-state index is 13.6. The van der Waals surface area contributed by atoms with Crippen molar-refractivity contribution in [1.29, 1.82) is 0 Å². The standard InChI is InChI=1S/C21H29F2N3O4/c22-16-3-4-17(18(23)12-16)21(28)24-6-1-2-20(27)25-13-19(15-5-9-30-14-15)26-7-10-29-11-8-26/h3-4,12,15,19H,1-2,5-11,13-14H2,(H,24,28)(H,25,27). The van der Waals surface area contributed by atoms with E-state index in [9.17, 15) is 18.4 Å². The summed E-state index contributed by atoms with van der Waals surface area (Å²) in [5.41, 5.74) is -0.215. The van der Waals surface area contributed by atoms with Crippen molar-refractivity contribution in [2.24, 2.45) is 5.92 Å². The molecule has 2 amide bonds. The molecular weight excluding hydrogens is 396 g/mol. The number of amides is 2. The van der Waals surface area contributed by atoms with E-state index >= 15 is 0 Å². The van der Waals surface area contributed by atoms with Crippen molar-refractivity contribution in [3.8, 4) is 0 Å². The third-order valence-electron chi connectivity index (χ3n) is 5.57. The van der Waals surface area contributed by atoms with Crippen LogP contribution in [0.25, 0.3) is 0 Å². The van der Waals surface area contributed by atoms with Crippen LogP contribution in [0.1, 0.15) is 29.6 Å². The van der Waals surface area contributed by atoms with Crippen LogP contribution in [0.15, 0.2) is 18.2 Å². The third kappa shape index (κ3) is 6.45. The lowest BCUT2D eigenvalue weighted by Crippen LogP contribution is -2.52. The van der Waals surface area contributed by atoms with Crippen molar-refractivity contribution in [3.63, 3.8) is 0 Å². The number of benzene rings is 1. The monoisotopic (exact) mass is 425 g/mol. The highest BCUT2D eigenvalue weighted by atomic mass is 19.1. The first-order valence-corrected chi connectivity index (χ1v) is 10.4. The topological polar surface area (TPSA) is 79.9 Å². The zero-order valence-corrected chi connectivity index (χ0v) is 17.0. The maximum absolute atomic E-state index is 13.6. The zero-order chi connectivity index (χ0) is 21.3. The quantitative estimate of drug-likeness (QED) is 0.584. The number of morpholine rings is 1. The summed E-state index contributed by atoms with van der Waals surface area (Å²) < 4.78 is 37.5. The maximum Gasteiger partial charge on any atom is 0.254 e. The molecule has 30 heavy (non-hydrogen) atoms. The van der Waals surface area contributed by atoms with E-state index in [2.05, 4.69) is 15.5 Å². The molecule has 7 nitrogen and oxygen atoms in total. The van der Waals surface area contributed by atoms with E-state index in [0.717, 1.165) is 38.2 Å². The van der Waals surface area contributed by atoms with Gasteiger partial charge in [-0.1, -0.05) is 0 Å². The fourth-order valence-electron chi connectivity index (χ4n) is 3.89. The van der Waals surface area contributed by atoms with Gasteiger partial charge in [-0.15, -0.1) is 0 Å². The number of nitrogens with one attached hydrogen (secondary N) is 2. The Morgan fingerprint density at radius 3 is 2.63 bits per heavy atom. The predicted molar refractivity (Wildman–Crippen MR) is 106 cm³/mol. The van der Waals surface area contributed by atoms with Gasteiger partial charge in [-0.05, 0) is 25.0 Å². The van der Waals surface area contributed by atoms with Gasteiger partial charge in [0.05, 0.1) is 25.4 Å². The molecule has 2 unspecified atom stereocenters. The molecule has 0 bridgehead atoms. The highest BCUT2D eigenvalue weighted by Crippen LogP contribution is 2.22. The van der Waals surface area contributed by atoms with Gasteiger partial charge < -0.3 is 20.1 Å². The molecular formula is C21H29F2N3O4. The molecule has 166 valence electrons. The summed E-state index contributed by atoms with van der Waals surface area (Å²) in [7, 11) is 0. The van der Waals surface area contributed by atoms with Gasteiger partial charge in [-0.2, -0.15) is 0 Å². The van der Waals surface area contributed by atoms with E-state index in [1.807, 2.05) is 0 Å². The van der Waals surface area contributed by atoms with Crippen LogP contribution in [0.5, 0.6) is 0 Å². The summed E-state index contributed by atoms with van der Waals surface area (Å²) in [6.07, 6.45) is 1.67. The molecule has 0 saturated carbocycles. The van der Waals surface area contributed by atoms with E-state index in [0.29, 0.717) is 44.8 Å². The van der Waals surface area contributed by atoms with Crippen LogP contribution in [0.2, 0.25) is 0 Å². The van der Waals surface area contributed by atoms with E-state index in [-0.39, 0.29) is 30.5 Å². The van der Waals surface area contributed by atoms with Gasteiger partial charge >= 0.3 is 0 Å². The number of carbonyl (C=O) groups excluding carboxylic acids is 2. The molecule has 0 aliphatic carbocycles. The van der Waals surface area contributed by atoms with Crippen molar-refractivity contribution in [3.05, 3.63) is 35.4 Å². The van der Waals surface area contributed by atoms with E-state index in [1.165, 1.54) is 0 Å². The van der Waals surface area contributed by atoms with Gasteiger partial charge in [0.2, 0.25) is 5.91 Å². The first kappa shape index (κ1) is 22.6. The molecule has 2 saturated heterocycles. The summed E-state index contributed by atoms with van der Waals surface area (Å²) >= 11 is 0. The fourth-order valence-corrected chi connectivity index (χ4v) is 3.89. The molecule has 0 spiro atoms. The highest BCUT2D eigenvalue weighted by molar-refractivity contribution is 5.94. The second-order valence-corrected chi connectivity index (χ2v) is 7.63. The molecule has 1 aromatic carbocycles. The van der Waals surface area contributed by atoms with Gasteiger partial charge in [-0.3, -0.25) is 14.5 Å². The van der Waals surface area contributed by atoms with Gasteiger partial charge in [0.15, 0.2) is 0 Å². The Balaban J connectivity index is 1.38. The SMILES string of the molecule is O=C(CCCNC(=O)c1ccc(F)cc1F)NCC(C1CCOC1)N1CCOCC1. The van der Waals surface area contributed by atoms with E-state index in [4.69, 9.17) is 9.47 Å². The Bertz CT molecular complexity index is 722. The lowest BCUT2D eigenvalue weighted by atomic mass is 9.97. The highest BCUT2D eigenvalue weighted by Gasteiger charge is 2.31. The summed E-state index contributed by atoms with van der Waals surface area (Å²) in [6.45, 7) is 5.36. The molecule has 2 aliphatic heterocycles. The van der Waals surface area contributed by atoms with Gasteiger partial charge in [0, 0.05) is 57.2 Å².